The molecule has 30 heavy (non-hydrogen) atoms. The number of benzene rings is 2. The second-order valence-corrected chi connectivity index (χ2v) is 7.45. The minimum absolute atomic E-state index is 0.0866. The number of rotatable bonds is 4. The topological polar surface area (TPSA) is 97.6 Å². The Morgan fingerprint density at radius 3 is 2.83 bits per heavy atom. The van der Waals surface area contributed by atoms with Crippen LogP contribution in [0, 0.1) is 0 Å². The van der Waals surface area contributed by atoms with Crippen molar-refractivity contribution in [2.24, 2.45) is 0 Å². The van der Waals surface area contributed by atoms with E-state index in [0.29, 0.717) is 23.6 Å². The normalized spacial score (nSPS) is 20.4. The molecule has 0 saturated carbocycles. The number of nitrogens with one attached hydrogen (secondary N) is 1. The molecular weight excluding hydrogens is 384 g/mol. The molecule has 2 aliphatic rings. The monoisotopic (exact) mass is 404 g/mol. The zero-order valence-electron chi connectivity index (χ0n) is 16.4. The van der Waals surface area contributed by atoms with E-state index in [1.54, 1.807) is 13.2 Å². The number of amides is 3. The molecule has 2 heterocycles. The minimum atomic E-state index is -1.02. The van der Waals surface area contributed by atoms with E-state index in [4.69, 9.17) is 9.26 Å². The molecule has 1 aromatic heterocycles. The van der Waals surface area contributed by atoms with Crippen molar-refractivity contribution < 1.29 is 18.8 Å². The highest BCUT2D eigenvalue weighted by molar-refractivity contribution is 6.07. The fourth-order valence-corrected chi connectivity index (χ4v) is 4.35. The summed E-state index contributed by atoms with van der Waals surface area (Å²) in [4.78, 5) is 31.6. The lowest BCUT2D eigenvalue weighted by Gasteiger charge is -2.33. The van der Waals surface area contributed by atoms with Gasteiger partial charge in [0.25, 0.3) is 5.91 Å². The SMILES string of the molecule is COc1ccccc1-c1noc(CN2C(=O)NC3(CCCc4ccccc43)C2=O)n1. The van der Waals surface area contributed by atoms with E-state index in [9.17, 15) is 9.59 Å². The molecule has 1 spiro atoms. The predicted molar refractivity (Wildman–Crippen MR) is 106 cm³/mol. The van der Waals surface area contributed by atoms with Crippen molar-refractivity contribution in [3.8, 4) is 17.1 Å². The minimum Gasteiger partial charge on any atom is -0.496 e. The summed E-state index contributed by atoms with van der Waals surface area (Å²) in [5.41, 5.74) is 1.62. The molecule has 1 unspecified atom stereocenters. The van der Waals surface area contributed by atoms with Gasteiger partial charge in [0, 0.05) is 0 Å². The van der Waals surface area contributed by atoms with Gasteiger partial charge in [-0.3, -0.25) is 9.69 Å². The highest BCUT2D eigenvalue weighted by Crippen LogP contribution is 2.40. The highest BCUT2D eigenvalue weighted by Gasteiger charge is 2.54. The summed E-state index contributed by atoms with van der Waals surface area (Å²) in [5, 5.41) is 6.92. The van der Waals surface area contributed by atoms with E-state index in [2.05, 4.69) is 15.5 Å². The molecule has 0 bridgehead atoms. The Morgan fingerprint density at radius 1 is 1.17 bits per heavy atom. The van der Waals surface area contributed by atoms with Gasteiger partial charge in [-0.15, -0.1) is 0 Å². The number of hydrogen-bond donors (Lipinski definition) is 1. The maximum atomic E-state index is 13.4. The number of urea groups is 1. The number of aromatic nitrogens is 2. The van der Waals surface area contributed by atoms with Crippen molar-refractivity contribution >= 4 is 11.9 Å². The number of aryl methyl sites for hydroxylation is 1. The van der Waals surface area contributed by atoms with Crippen LogP contribution < -0.4 is 10.1 Å². The lowest BCUT2D eigenvalue weighted by atomic mass is 9.76. The third-order valence-corrected chi connectivity index (χ3v) is 5.76. The van der Waals surface area contributed by atoms with Crippen LogP contribution in [0.5, 0.6) is 5.75 Å². The maximum Gasteiger partial charge on any atom is 0.325 e. The number of ether oxygens (including phenoxy) is 1. The molecule has 1 aliphatic carbocycles. The Labute approximate surface area is 172 Å². The van der Waals surface area contributed by atoms with Gasteiger partial charge < -0.3 is 14.6 Å². The number of carbonyl (C=O) groups is 2. The number of fused-ring (bicyclic) bond motifs is 2. The number of nitrogens with zero attached hydrogens (tertiary/aromatic N) is 3. The van der Waals surface area contributed by atoms with Gasteiger partial charge in [0.1, 0.15) is 17.8 Å². The van der Waals surface area contributed by atoms with Gasteiger partial charge in [-0.25, -0.2) is 4.79 Å². The number of methoxy groups -OCH3 is 1. The molecular formula is C22H20N4O4. The summed E-state index contributed by atoms with van der Waals surface area (Å²) in [6.45, 7) is -0.0866. The Hall–Kier alpha value is -3.68. The van der Waals surface area contributed by atoms with Crippen LogP contribution in [0.4, 0.5) is 4.79 Å². The van der Waals surface area contributed by atoms with E-state index in [0.717, 1.165) is 28.9 Å². The second kappa shape index (κ2) is 6.98. The Morgan fingerprint density at radius 2 is 1.97 bits per heavy atom. The van der Waals surface area contributed by atoms with Crippen LogP contribution in [0.2, 0.25) is 0 Å². The Balaban J connectivity index is 1.43. The molecule has 1 fully saturated rings. The first-order valence-electron chi connectivity index (χ1n) is 9.81. The molecule has 152 valence electrons. The fraction of sp³-hybridized carbons (Fsp3) is 0.273. The quantitative estimate of drug-likeness (QED) is 0.672. The lowest BCUT2D eigenvalue weighted by Crippen LogP contribution is -2.46. The zero-order chi connectivity index (χ0) is 20.7. The molecule has 8 heteroatoms. The summed E-state index contributed by atoms with van der Waals surface area (Å²) >= 11 is 0. The molecule has 2 aromatic carbocycles. The first-order valence-corrected chi connectivity index (χ1v) is 9.81. The first-order chi connectivity index (χ1) is 14.6. The average molecular weight is 404 g/mol. The molecule has 1 saturated heterocycles. The molecule has 1 aliphatic heterocycles. The summed E-state index contributed by atoms with van der Waals surface area (Å²) in [6.07, 6.45) is 2.30. The van der Waals surface area contributed by atoms with Crippen LogP contribution in [0.25, 0.3) is 11.4 Å². The number of hydrogen-bond acceptors (Lipinski definition) is 6. The fourth-order valence-electron chi connectivity index (χ4n) is 4.35. The van der Waals surface area contributed by atoms with E-state index in [-0.39, 0.29) is 18.3 Å². The van der Waals surface area contributed by atoms with Gasteiger partial charge in [0.05, 0.1) is 12.7 Å². The van der Waals surface area contributed by atoms with Crippen molar-refractivity contribution in [3.05, 3.63) is 65.5 Å². The number of carbonyl (C=O) groups excluding carboxylic acids is 2. The van der Waals surface area contributed by atoms with Crippen molar-refractivity contribution in [1.29, 1.82) is 0 Å². The molecule has 0 radical (unpaired) electrons. The zero-order valence-corrected chi connectivity index (χ0v) is 16.4. The molecule has 1 N–H and O–H groups in total. The maximum absolute atomic E-state index is 13.4. The van der Waals surface area contributed by atoms with E-state index < -0.39 is 11.6 Å². The van der Waals surface area contributed by atoms with Crippen LogP contribution in [0.1, 0.15) is 29.9 Å². The first kappa shape index (κ1) is 18.4. The van der Waals surface area contributed by atoms with Gasteiger partial charge in [0.15, 0.2) is 0 Å². The van der Waals surface area contributed by atoms with Crippen LogP contribution in [0.15, 0.2) is 53.1 Å². The third-order valence-electron chi connectivity index (χ3n) is 5.76. The lowest BCUT2D eigenvalue weighted by molar-refractivity contribution is -0.132. The Kier molecular flexibility index (Phi) is 4.27. The van der Waals surface area contributed by atoms with Crippen LogP contribution in [-0.2, 0) is 23.3 Å². The van der Waals surface area contributed by atoms with Gasteiger partial charge in [0.2, 0.25) is 11.7 Å². The molecule has 3 aromatic rings. The third kappa shape index (κ3) is 2.75. The van der Waals surface area contributed by atoms with Crippen LogP contribution >= 0.6 is 0 Å². The average Bonchev–Trinajstić information content (AvgIpc) is 3.33. The summed E-state index contributed by atoms with van der Waals surface area (Å²) in [7, 11) is 1.56. The number of para-hydroxylation sites is 1. The van der Waals surface area contributed by atoms with Gasteiger partial charge in [-0.2, -0.15) is 4.98 Å². The molecule has 1 atom stereocenters. The van der Waals surface area contributed by atoms with Gasteiger partial charge in [-0.05, 0) is 42.5 Å². The van der Waals surface area contributed by atoms with Crippen molar-refractivity contribution in [2.75, 3.05) is 7.11 Å². The van der Waals surface area contributed by atoms with Crippen molar-refractivity contribution in [1.82, 2.24) is 20.4 Å². The van der Waals surface area contributed by atoms with E-state index in [1.165, 1.54) is 0 Å². The van der Waals surface area contributed by atoms with Crippen LogP contribution in [0.3, 0.4) is 0 Å². The summed E-state index contributed by atoms with van der Waals surface area (Å²) in [5.74, 6) is 0.849. The largest absolute Gasteiger partial charge is 0.496 e. The highest BCUT2D eigenvalue weighted by atomic mass is 16.5. The van der Waals surface area contributed by atoms with Crippen molar-refractivity contribution in [3.63, 3.8) is 0 Å². The molecule has 8 nitrogen and oxygen atoms in total. The van der Waals surface area contributed by atoms with Crippen molar-refractivity contribution in [2.45, 2.75) is 31.3 Å². The molecule has 5 rings (SSSR count). The molecule has 3 amide bonds. The Bertz CT molecular complexity index is 1140. The standard InChI is InChI=1S/C22H20N4O4/c1-29-17-11-5-3-9-15(17)19-23-18(30-25-19)13-26-20(27)22(24-21(26)28)12-6-8-14-7-2-4-10-16(14)22/h2-5,7,9-11H,6,8,12-13H2,1H3,(H,24,28). The second-order valence-electron chi connectivity index (χ2n) is 7.45. The van der Waals surface area contributed by atoms with E-state index in [1.807, 2.05) is 42.5 Å². The van der Waals surface area contributed by atoms with Crippen LogP contribution in [-0.4, -0.2) is 34.1 Å². The summed E-state index contributed by atoms with van der Waals surface area (Å²) in [6, 6.07) is 14.6. The van der Waals surface area contributed by atoms with E-state index >= 15 is 0 Å². The van der Waals surface area contributed by atoms with Gasteiger partial charge in [-0.1, -0.05) is 41.6 Å². The predicted octanol–water partition coefficient (Wildman–Crippen LogP) is 3.03. The van der Waals surface area contributed by atoms with Gasteiger partial charge >= 0.3 is 6.03 Å². The smallest absolute Gasteiger partial charge is 0.325 e. The number of imide groups is 1. The summed E-state index contributed by atoms with van der Waals surface area (Å²) < 4.78 is 10.7.